The number of aliphatic hydroxyl groups is 1. The molecule has 1 amide bonds. The summed E-state index contributed by atoms with van der Waals surface area (Å²) >= 11 is 0. The fraction of sp³-hybridized carbons (Fsp3) is 0.872. The number of ether oxygens (including phenoxy) is 1. The fourth-order valence-electron chi connectivity index (χ4n) is 14.1. The highest BCUT2D eigenvalue weighted by Crippen LogP contribution is 2.77. The van der Waals surface area contributed by atoms with Crippen LogP contribution in [0.2, 0.25) is 0 Å². The van der Waals surface area contributed by atoms with Gasteiger partial charge in [-0.2, -0.15) is 0 Å². The predicted molar refractivity (Wildman–Crippen MR) is 218 cm³/mol. The molecule has 9 atom stereocenters. The van der Waals surface area contributed by atoms with Crippen LogP contribution in [0.4, 0.5) is 0 Å². The first-order valence-corrected chi connectivity index (χ1v) is 22.3. The summed E-state index contributed by atoms with van der Waals surface area (Å²) in [5.74, 6) is 0.687. The van der Waals surface area contributed by atoms with Gasteiger partial charge in [-0.25, -0.2) is 0 Å². The maximum atomic E-state index is 14.3. The number of aliphatic hydroxyl groups excluding tert-OH is 1. The Morgan fingerprint density at radius 3 is 2.16 bits per heavy atom. The third-order valence-corrected chi connectivity index (χ3v) is 18.0. The van der Waals surface area contributed by atoms with E-state index < -0.39 is 28.9 Å². The molecule has 56 heavy (non-hydrogen) atoms. The number of rotatable bonds is 13. The van der Waals surface area contributed by atoms with Gasteiger partial charge < -0.3 is 19.8 Å². The molecule has 6 aliphatic carbocycles. The molecule has 0 saturated heterocycles. The quantitative estimate of drug-likeness (QED) is 0.179. The highest BCUT2D eigenvalue weighted by atomic mass is 16.5. The van der Waals surface area contributed by atoms with Crippen molar-refractivity contribution < 1.29 is 34.1 Å². The van der Waals surface area contributed by atoms with Crippen LogP contribution in [0.3, 0.4) is 0 Å². The third-order valence-electron chi connectivity index (χ3n) is 18.0. The Morgan fingerprint density at radius 1 is 0.893 bits per heavy atom. The summed E-state index contributed by atoms with van der Waals surface area (Å²) in [6.07, 6.45) is 10.8. The number of carbonyl (C=O) groups is 4. The van der Waals surface area contributed by atoms with Crippen LogP contribution >= 0.6 is 0 Å². The van der Waals surface area contributed by atoms with E-state index in [1.165, 1.54) is 24.8 Å². The molecule has 0 radical (unpaired) electrons. The van der Waals surface area contributed by atoms with Crippen LogP contribution in [-0.2, 0) is 23.9 Å². The van der Waals surface area contributed by atoms with Crippen molar-refractivity contribution >= 4 is 23.6 Å². The van der Waals surface area contributed by atoms with Crippen molar-refractivity contribution in [1.82, 2.24) is 9.80 Å². The molecular formula is C47H76N2O7. The number of likely N-dealkylation sites (N-methyl/N-ethyl adjacent to an activating group) is 1. The lowest BCUT2D eigenvalue weighted by Gasteiger charge is -2.72. The lowest BCUT2D eigenvalue weighted by Crippen LogP contribution is -2.66. The van der Waals surface area contributed by atoms with Gasteiger partial charge in [0.15, 0.2) is 5.78 Å². The van der Waals surface area contributed by atoms with Crippen molar-refractivity contribution in [2.45, 2.75) is 165 Å². The molecule has 0 unspecified atom stereocenters. The van der Waals surface area contributed by atoms with Crippen molar-refractivity contribution in [3.8, 4) is 0 Å². The standard InChI is InChI=1S/C47H76N2O7/c1-29(2)39-33(51)25-47(36(52)28-49(27-31-13-12-14-31)24-23-48(11)30(3)50)22-21-45(9)32(40(39)47)15-16-35-44(8)19-18-37(56-38(53)26-42(4,5)41(54)55)43(6,7)34(44)17-20-46(35,45)10/h29,31-32,34-37,52H,12-28H2,1-11H3,(H,54,55)/t32-,34-,35-,36+,37+,44+,45-,46-,47+/m1/s1. The maximum absolute atomic E-state index is 14.3. The summed E-state index contributed by atoms with van der Waals surface area (Å²) in [5.41, 5.74) is 0.393. The fourth-order valence-corrected chi connectivity index (χ4v) is 14.1. The van der Waals surface area contributed by atoms with Gasteiger partial charge in [0.2, 0.25) is 5.91 Å². The highest BCUT2D eigenvalue weighted by molar-refractivity contribution is 6.00. The molecule has 2 N–H and O–H groups in total. The summed E-state index contributed by atoms with van der Waals surface area (Å²) in [4.78, 5) is 55.5. The van der Waals surface area contributed by atoms with E-state index in [2.05, 4.69) is 53.4 Å². The maximum Gasteiger partial charge on any atom is 0.309 e. The van der Waals surface area contributed by atoms with Gasteiger partial charge in [-0.05, 0) is 129 Å². The third kappa shape index (κ3) is 7.02. The molecule has 0 aromatic rings. The molecule has 5 saturated carbocycles. The number of amides is 1. The number of esters is 1. The first kappa shape index (κ1) is 43.3. The Hall–Kier alpha value is -2.26. The zero-order chi connectivity index (χ0) is 41.4. The number of allylic oxidation sites excluding steroid dienone is 1. The van der Waals surface area contributed by atoms with Crippen LogP contribution in [-0.4, -0.2) is 89.1 Å². The smallest absolute Gasteiger partial charge is 0.309 e. The first-order chi connectivity index (χ1) is 25.9. The number of nitrogens with zero attached hydrogens (tertiary/aromatic N) is 2. The molecule has 0 aliphatic heterocycles. The summed E-state index contributed by atoms with van der Waals surface area (Å²) in [7, 11) is 1.85. The largest absolute Gasteiger partial charge is 0.481 e. The molecule has 6 rings (SSSR count). The van der Waals surface area contributed by atoms with E-state index in [1.807, 2.05) is 7.05 Å². The highest BCUT2D eigenvalue weighted by Gasteiger charge is 2.71. The summed E-state index contributed by atoms with van der Waals surface area (Å²) in [5, 5.41) is 22.3. The van der Waals surface area contributed by atoms with E-state index in [9.17, 15) is 29.4 Å². The number of carboxylic acids is 1. The number of Topliss-reactive ketones (excluding diaryl/α,β-unsaturated/α-hetero) is 1. The molecule has 0 aromatic carbocycles. The summed E-state index contributed by atoms with van der Waals surface area (Å²) < 4.78 is 6.19. The number of carbonyl (C=O) groups excluding carboxylic acids is 3. The molecular weight excluding hydrogens is 705 g/mol. The number of carboxylic acid groups (broad SMARTS) is 1. The van der Waals surface area contributed by atoms with Gasteiger partial charge in [-0.15, -0.1) is 0 Å². The number of hydrogen-bond donors (Lipinski definition) is 2. The monoisotopic (exact) mass is 781 g/mol. The lowest BCUT2D eigenvalue weighted by atomic mass is 9.33. The second-order valence-electron chi connectivity index (χ2n) is 22.1. The Labute approximate surface area is 338 Å². The van der Waals surface area contributed by atoms with E-state index in [1.54, 1.807) is 25.7 Å². The zero-order valence-corrected chi connectivity index (χ0v) is 36.9. The Bertz CT molecular complexity index is 1600. The van der Waals surface area contributed by atoms with Crippen LogP contribution < -0.4 is 0 Å². The van der Waals surface area contributed by atoms with Gasteiger partial charge in [0, 0.05) is 57.4 Å². The van der Waals surface area contributed by atoms with E-state index in [0.29, 0.717) is 37.3 Å². The van der Waals surface area contributed by atoms with Crippen molar-refractivity contribution in [1.29, 1.82) is 0 Å². The van der Waals surface area contributed by atoms with Crippen molar-refractivity contribution in [3.05, 3.63) is 11.1 Å². The summed E-state index contributed by atoms with van der Waals surface area (Å²) in [6.45, 7) is 24.1. The predicted octanol–water partition coefficient (Wildman–Crippen LogP) is 8.32. The zero-order valence-electron chi connectivity index (χ0n) is 36.9. The number of fused-ring (bicyclic) bond motifs is 7. The molecule has 0 aromatic heterocycles. The summed E-state index contributed by atoms with van der Waals surface area (Å²) in [6, 6.07) is 0. The van der Waals surface area contributed by atoms with E-state index in [0.717, 1.165) is 70.0 Å². The first-order valence-electron chi connectivity index (χ1n) is 22.3. The Morgan fingerprint density at radius 2 is 1.57 bits per heavy atom. The van der Waals surface area contributed by atoms with E-state index in [4.69, 9.17) is 4.74 Å². The number of hydrogen-bond acceptors (Lipinski definition) is 7. The molecule has 0 bridgehead atoms. The molecule has 6 aliphatic rings. The van der Waals surface area contributed by atoms with Crippen LogP contribution in [0.5, 0.6) is 0 Å². The van der Waals surface area contributed by atoms with Gasteiger partial charge in [-0.1, -0.05) is 60.5 Å². The minimum Gasteiger partial charge on any atom is -0.481 e. The Balaban J connectivity index is 1.27. The molecule has 9 heteroatoms. The van der Waals surface area contributed by atoms with Crippen molar-refractivity contribution in [3.63, 3.8) is 0 Å². The Kier molecular flexibility index (Phi) is 11.7. The minimum atomic E-state index is -1.17. The average molecular weight is 781 g/mol. The molecule has 316 valence electrons. The number of aliphatic carboxylic acids is 1. The molecule has 9 nitrogen and oxygen atoms in total. The van der Waals surface area contributed by atoms with E-state index in [-0.39, 0.29) is 57.7 Å². The van der Waals surface area contributed by atoms with Crippen LogP contribution in [0, 0.1) is 62.1 Å². The van der Waals surface area contributed by atoms with E-state index >= 15 is 0 Å². The average Bonchev–Trinajstić information content (AvgIpc) is 3.39. The SMILES string of the molecule is CC(=O)N(C)CCN(CC1CCC1)C[C@H](O)[C@@]12CC[C@]3(C)[C@H](CC[C@@H]4[C@@]5(C)CC[C@H](OC(=O)CC(C)(C)C(=O)O)C(C)(C)[C@H]5CC[C@]43C)C1=C(C(C)C)C(=O)C2. The lowest BCUT2D eigenvalue weighted by molar-refractivity contribution is -0.235. The van der Waals surface area contributed by atoms with Gasteiger partial charge in [0.05, 0.1) is 17.9 Å². The van der Waals surface area contributed by atoms with Crippen molar-refractivity contribution in [2.75, 3.05) is 33.2 Å². The van der Waals surface area contributed by atoms with Crippen molar-refractivity contribution in [2.24, 2.45) is 62.1 Å². The topological polar surface area (TPSA) is 124 Å². The minimum absolute atomic E-state index is 0.0289. The van der Waals surface area contributed by atoms with Gasteiger partial charge >= 0.3 is 11.9 Å². The normalized spacial score (nSPS) is 37.3. The van der Waals surface area contributed by atoms with Crippen LogP contribution in [0.25, 0.3) is 0 Å². The van der Waals surface area contributed by atoms with Crippen LogP contribution in [0.1, 0.15) is 153 Å². The molecule has 0 heterocycles. The van der Waals surface area contributed by atoms with Gasteiger partial charge in [0.25, 0.3) is 0 Å². The molecule has 0 spiro atoms. The second-order valence-corrected chi connectivity index (χ2v) is 22.1. The number of ketones is 1. The molecule has 5 fully saturated rings. The second kappa shape index (κ2) is 15.1. The van der Waals surface area contributed by atoms with Gasteiger partial charge in [-0.3, -0.25) is 24.1 Å². The van der Waals surface area contributed by atoms with Crippen LogP contribution in [0.15, 0.2) is 11.1 Å². The van der Waals surface area contributed by atoms with Gasteiger partial charge in [0.1, 0.15) is 6.10 Å².